The van der Waals surface area contributed by atoms with E-state index in [2.05, 4.69) is 47.1 Å². The van der Waals surface area contributed by atoms with E-state index in [0.29, 0.717) is 31.6 Å². The van der Waals surface area contributed by atoms with E-state index in [0.717, 1.165) is 23.4 Å². The number of benzene rings is 2. The standard InChI is InChI=1S/C23H26N4O3/c1-2-25-18-8-6-15(7-9-18)12-24-13-16-4-3-5-17-14-27(23(30)21(16)17)19-10-11-20(28)26-22(19)29/h3-9,19,24-25H,2,10-14H2,1H3,(H,26,28,29). The quantitative estimate of drug-likeness (QED) is 0.613. The lowest BCUT2D eigenvalue weighted by Gasteiger charge is -2.29. The number of piperidine rings is 1. The summed E-state index contributed by atoms with van der Waals surface area (Å²) in [6, 6.07) is 13.5. The predicted octanol–water partition coefficient (Wildman–Crippen LogP) is 2.17. The summed E-state index contributed by atoms with van der Waals surface area (Å²) in [5, 5.41) is 9.03. The first kappa shape index (κ1) is 20.1. The van der Waals surface area contributed by atoms with Gasteiger partial charge in [-0.15, -0.1) is 0 Å². The van der Waals surface area contributed by atoms with E-state index in [1.807, 2.05) is 18.2 Å². The smallest absolute Gasteiger partial charge is 0.255 e. The van der Waals surface area contributed by atoms with Crippen molar-refractivity contribution < 1.29 is 14.4 Å². The molecule has 2 aromatic carbocycles. The molecule has 2 aliphatic heterocycles. The lowest BCUT2D eigenvalue weighted by Crippen LogP contribution is -2.52. The lowest BCUT2D eigenvalue weighted by molar-refractivity contribution is -0.136. The predicted molar refractivity (Wildman–Crippen MR) is 114 cm³/mol. The molecule has 0 saturated carbocycles. The molecular formula is C23H26N4O3. The Labute approximate surface area is 175 Å². The number of amides is 3. The highest BCUT2D eigenvalue weighted by Gasteiger charge is 2.39. The number of hydrogen-bond acceptors (Lipinski definition) is 5. The van der Waals surface area contributed by atoms with Crippen molar-refractivity contribution in [3.63, 3.8) is 0 Å². The van der Waals surface area contributed by atoms with Gasteiger partial charge in [0, 0.05) is 43.9 Å². The van der Waals surface area contributed by atoms with Gasteiger partial charge >= 0.3 is 0 Å². The van der Waals surface area contributed by atoms with Crippen LogP contribution >= 0.6 is 0 Å². The number of nitrogens with one attached hydrogen (secondary N) is 3. The fourth-order valence-corrected chi connectivity index (χ4v) is 4.12. The van der Waals surface area contributed by atoms with Crippen LogP contribution in [0.5, 0.6) is 0 Å². The van der Waals surface area contributed by atoms with Crippen LogP contribution < -0.4 is 16.0 Å². The van der Waals surface area contributed by atoms with Crippen LogP contribution in [0.25, 0.3) is 0 Å². The molecule has 0 spiro atoms. The second-order valence-electron chi connectivity index (χ2n) is 7.68. The fraction of sp³-hybridized carbons (Fsp3) is 0.348. The number of carbonyl (C=O) groups is 3. The zero-order valence-electron chi connectivity index (χ0n) is 17.0. The van der Waals surface area contributed by atoms with Gasteiger partial charge in [-0.05, 0) is 42.2 Å². The Kier molecular flexibility index (Phi) is 5.81. The van der Waals surface area contributed by atoms with Gasteiger partial charge in [-0.2, -0.15) is 0 Å². The summed E-state index contributed by atoms with van der Waals surface area (Å²) in [4.78, 5) is 38.3. The summed E-state index contributed by atoms with van der Waals surface area (Å²) in [6.45, 7) is 4.62. The SMILES string of the molecule is CCNc1ccc(CNCc2cccc3c2C(=O)N(C2CCC(=O)NC2=O)C3)cc1. The van der Waals surface area contributed by atoms with Gasteiger partial charge < -0.3 is 15.5 Å². The minimum absolute atomic E-state index is 0.133. The topological polar surface area (TPSA) is 90.5 Å². The molecule has 2 aliphatic rings. The third-order valence-electron chi connectivity index (χ3n) is 5.62. The summed E-state index contributed by atoms with van der Waals surface area (Å²) in [5.41, 5.74) is 4.80. The molecule has 3 amide bonds. The monoisotopic (exact) mass is 406 g/mol. The summed E-state index contributed by atoms with van der Waals surface area (Å²) in [5.74, 6) is -0.788. The second kappa shape index (κ2) is 8.67. The Morgan fingerprint density at radius 1 is 1.07 bits per heavy atom. The molecule has 0 aliphatic carbocycles. The van der Waals surface area contributed by atoms with Crippen LogP contribution in [0.15, 0.2) is 42.5 Å². The zero-order valence-corrected chi connectivity index (χ0v) is 17.0. The summed E-state index contributed by atoms with van der Waals surface area (Å²) < 4.78 is 0. The van der Waals surface area contributed by atoms with Gasteiger partial charge in [-0.3, -0.25) is 19.7 Å². The number of fused-ring (bicyclic) bond motifs is 1. The van der Waals surface area contributed by atoms with Crippen molar-refractivity contribution in [2.24, 2.45) is 0 Å². The zero-order chi connectivity index (χ0) is 21.1. The second-order valence-corrected chi connectivity index (χ2v) is 7.68. The largest absolute Gasteiger partial charge is 0.385 e. The Morgan fingerprint density at radius 2 is 1.87 bits per heavy atom. The molecule has 2 aromatic rings. The third kappa shape index (κ3) is 4.07. The molecule has 156 valence electrons. The molecule has 0 radical (unpaired) electrons. The summed E-state index contributed by atoms with van der Waals surface area (Å²) in [7, 11) is 0. The molecule has 7 heteroatoms. The summed E-state index contributed by atoms with van der Waals surface area (Å²) in [6.07, 6.45) is 0.637. The lowest BCUT2D eigenvalue weighted by atomic mass is 10.0. The van der Waals surface area contributed by atoms with Crippen molar-refractivity contribution in [3.8, 4) is 0 Å². The van der Waals surface area contributed by atoms with Crippen LogP contribution in [0.2, 0.25) is 0 Å². The van der Waals surface area contributed by atoms with Crippen molar-refractivity contribution in [2.45, 2.75) is 45.4 Å². The van der Waals surface area contributed by atoms with Gasteiger partial charge in [0.2, 0.25) is 11.8 Å². The maximum absolute atomic E-state index is 13.1. The van der Waals surface area contributed by atoms with Crippen LogP contribution in [-0.4, -0.2) is 35.2 Å². The Hall–Kier alpha value is -3.19. The van der Waals surface area contributed by atoms with Crippen molar-refractivity contribution >= 4 is 23.4 Å². The molecule has 1 atom stereocenters. The fourth-order valence-electron chi connectivity index (χ4n) is 4.12. The maximum atomic E-state index is 13.1. The molecule has 7 nitrogen and oxygen atoms in total. The van der Waals surface area contributed by atoms with Crippen LogP contribution in [-0.2, 0) is 29.2 Å². The van der Waals surface area contributed by atoms with Gasteiger partial charge in [0.05, 0.1) is 0 Å². The molecule has 1 unspecified atom stereocenters. The van der Waals surface area contributed by atoms with Crippen molar-refractivity contribution in [1.29, 1.82) is 0 Å². The van der Waals surface area contributed by atoms with E-state index >= 15 is 0 Å². The van der Waals surface area contributed by atoms with E-state index in [9.17, 15) is 14.4 Å². The highest BCUT2D eigenvalue weighted by molar-refractivity contribution is 6.05. The molecule has 2 heterocycles. The minimum atomic E-state index is -0.585. The number of imide groups is 1. The van der Waals surface area contributed by atoms with Gasteiger partial charge in [0.1, 0.15) is 6.04 Å². The molecule has 0 aromatic heterocycles. The van der Waals surface area contributed by atoms with Crippen molar-refractivity contribution in [2.75, 3.05) is 11.9 Å². The highest BCUT2D eigenvalue weighted by Crippen LogP contribution is 2.29. The van der Waals surface area contributed by atoms with Gasteiger partial charge in [0.25, 0.3) is 5.91 Å². The summed E-state index contributed by atoms with van der Waals surface area (Å²) >= 11 is 0. The van der Waals surface area contributed by atoms with Crippen LogP contribution in [0, 0.1) is 0 Å². The molecule has 30 heavy (non-hydrogen) atoms. The van der Waals surface area contributed by atoms with Crippen LogP contribution in [0.1, 0.15) is 46.8 Å². The first-order chi connectivity index (χ1) is 14.6. The third-order valence-corrected chi connectivity index (χ3v) is 5.62. The average Bonchev–Trinajstić information content (AvgIpc) is 3.07. The van der Waals surface area contributed by atoms with Crippen LogP contribution in [0.4, 0.5) is 5.69 Å². The normalized spacial score (nSPS) is 18.4. The van der Waals surface area contributed by atoms with Gasteiger partial charge in [-0.1, -0.05) is 30.3 Å². The van der Waals surface area contributed by atoms with E-state index in [4.69, 9.17) is 0 Å². The number of anilines is 1. The average molecular weight is 406 g/mol. The van der Waals surface area contributed by atoms with Gasteiger partial charge in [-0.25, -0.2) is 0 Å². The Bertz CT molecular complexity index is 971. The molecule has 1 saturated heterocycles. The minimum Gasteiger partial charge on any atom is -0.385 e. The van der Waals surface area contributed by atoms with E-state index in [1.165, 1.54) is 5.56 Å². The molecular weight excluding hydrogens is 380 g/mol. The van der Waals surface area contributed by atoms with E-state index < -0.39 is 6.04 Å². The molecule has 1 fully saturated rings. The van der Waals surface area contributed by atoms with E-state index in [-0.39, 0.29) is 24.1 Å². The number of rotatable bonds is 7. The van der Waals surface area contributed by atoms with Gasteiger partial charge in [0.15, 0.2) is 0 Å². The number of hydrogen-bond donors (Lipinski definition) is 3. The Balaban J connectivity index is 1.42. The maximum Gasteiger partial charge on any atom is 0.255 e. The molecule has 3 N–H and O–H groups in total. The van der Waals surface area contributed by atoms with Crippen LogP contribution in [0.3, 0.4) is 0 Å². The molecule has 0 bridgehead atoms. The first-order valence-electron chi connectivity index (χ1n) is 10.4. The van der Waals surface area contributed by atoms with E-state index in [1.54, 1.807) is 4.90 Å². The number of nitrogens with zero attached hydrogens (tertiary/aromatic N) is 1. The first-order valence-corrected chi connectivity index (χ1v) is 10.4. The molecule has 4 rings (SSSR count). The highest BCUT2D eigenvalue weighted by atomic mass is 16.2. The van der Waals surface area contributed by atoms with Crippen molar-refractivity contribution in [3.05, 3.63) is 64.7 Å². The number of carbonyl (C=O) groups excluding carboxylic acids is 3. The van der Waals surface area contributed by atoms with Crippen molar-refractivity contribution in [1.82, 2.24) is 15.5 Å². The Morgan fingerprint density at radius 3 is 2.60 bits per heavy atom.